The van der Waals surface area contributed by atoms with Crippen molar-refractivity contribution in [3.8, 4) is 28.7 Å². The average Bonchev–Trinajstić information content (AvgIpc) is 3.22. The number of nitrogens with zero attached hydrogens (tertiary/aromatic N) is 2. The van der Waals surface area contributed by atoms with E-state index >= 15 is 0 Å². The fourth-order valence-corrected chi connectivity index (χ4v) is 3.04. The number of fused-ring (bicyclic) bond motifs is 1. The smallest absolute Gasteiger partial charge is 0.255 e. The van der Waals surface area contributed by atoms with E-state index in [0.29, 0.717) is 45.5 Å². The maximum absolute atomic E-state index is 12.8. The zero-order chi connectivity index (χ0) is 21.1. The molecule has 0 fully saturated rings. The molecule has 1 amide bonds. The molecule has 30 heavy (non-hydrogen) atoms. The zero-order valence-corrected chi connectivity index (χ0v) is 16.6. The van der Waals surface area contributed by atoms with Gasteiger partial charge in [0.25, 0.3) is 5.91 Å². The summed E-state index contributed by atoms with van der Waals surface area (Å²) in [6.07, 6.45) is 3.35. The monoisotopic (exact) mass is 405 g/mol. The molecule has 8 nitrogen and oxygen atoms in total. The third-order valence-electron chi connectivity index (χ3n) is 4.50. The lowest BCUT2D eigenvalue weighted by Crippen LogP contribution is -2.12. The normalized spacial score (nSPS) is 10.6. The first kappa shape index (κ1) is 19.3. The van der Waals surface area contributed by atoms with Crippen LogP contribution in [0.4, 0.5) is 5.69 Å². The number of anilines is 1. The van der Waals surface area contributed by atoms with Crippen molar-refractivity contribution in [2.45, 2.75) is 0 Å². The van der Waals surface area contributed by atoms with Crippen LogP contribution in [0.1, 0.15) is 10.4 Å². The molecule has 0 saturated carbocycles. The number of carbonyl (C=O) groups is 1. The van der Waals surface area contributed by atoms with Crippen molar-refractivity contribution in [2.75, 3.05) is 26.6 Å². The standard InChI is InChI=1S/C22H19N3O5/c1-27-18-10-14(11-19(28-2)20(18)29-3)21(26)24-15-4-5-16-17(12-15)30-22(25-16)13-6-8-23-9-7-13/h4-12H,1-3H3,(H,24,26). The topological polar surface area (TPSA) is 95.7 Å². The summed E-state index contributed by atoms with van der Waals surface area (Å²) in [5.74, 6) is 1.37. The first-order valence-corrected chi connectivity index (χ1v) is 9.05. The number of ether oxygens (including phenoxy) is 3. The SMILES string of the molecule is COc1cc(C(=O)Nc2ccc3nc(-c4ccncc4)oc3c2)cc(OC)c1OC. The fourth-order valence-electron chi connectivity index (χ4n) is 3.04. The number of pyridine rings is 1. The predicted octanol–water partition coefficient (Wildman–Crippen LogP) is 4.17. The molecule has 2 aromatic carbocycles. The number of nitrogens with one attached hydrogen (secondary N) is 1. The summed E-state index contributed by atoms with van der Waals surface area (Å²) in [6.45, 7) is 0. The van der Waals surface area contributed by atoms with E-state index in [1.807, 2.05) is 12.1 Å². The molecule has 8 heteroatoms. The minimum absolute atomic E-state index is 0.331. The van der Waals surface area contributed by atoms with Gasteiger partial charge in [0.2, 0.25) is 11.6 Å². The molecular formula is C22H19N3O5. The van der Waals surface area contributed by atoms with Gasteiger partial charge in [-0.15, -0.1) is 0 Å². The molecule has 1 N–H and O–H groups in total. The third kappa shape index (κ3) is 3.62. The lowest BCUT2D eigenvalue weighted by Gasteiger charge is -2.14. The van der Waals surface area contributed by atoms with Gasteiger partial charge in [-0.25, -0.2) is 4.98 Å². The van der Waals surface area contributed by atoms with E-state index in [9.17, 15) is 4.79 Å². The predicted molar refractivity (Wildman–Crippen MR) is 111 cm³/mol. The van der Waals surface area contributed by atoms with E-state index in [0.717, 1.165) is 5.56 Å². The number of rotatable bonds is 6. The van der Waals surface area contributed by atoms with E-state index in [1.165, 1.54) is 21.3 Å². The number of aromatic nitrogens is 2. The van der Waals surface area contributed by atoms with Crippen LogP contribution in [-0.2, 0) is 0 Å². The van der Waals surface area contributed by atoms with Crippen LogP contribution >= 0.6 is 0 Å². The zero-order valence-electron chi connectivity index (χ0n) is 16.6. The Kier molecular flexibility index (Phi) is 5.21. The summed E-state index contributed by atoms with van der Waals surface area (Å²) >= 11 is 0. The lowest BCUT2D eigenvalue weighted by atomic mass is 10.1. The van der Waals surface area contributed by atoms with Gasteiger partial charge in [-0.3, -0.25) is 9.78 Å². The van der Waals surface area contributed by atoms with Crippen LogP contribution in [0.15, 0.2) is 59.3 Å². The largest absolute Gasteiger partial charge is 0.493 e. The molecule has 2 heterocycles. The summed E-state index contributed by atoms with van der Waals surface area (Å²) in [7, 11) is 4.50. The molecule has 4 rings (SSSR count). The van der Waals surface area contributed by atoms with Crippen LogP contribution in [-0.4, -0.2) is 37.2 Å². The number of carbonyl (C=O) groups excluding carboxylic acids is 1. The second-order valence-corrected chi connectivity index (χ2v) is 6.31. The molecule has 4 aromatic rings. The molecule has 0 saturated heterocycles. The lowest BCUT2D eigenvalue weighted by molar-refractivity contribution is 0.102. The molecule has 0 spiro atoms. The van der Waals surface area contributed by atoms with Gasteiger partial charge in [0.05, 0.1) is 21.3 Å². The van der Waals surface area contributed by atoms with E-state index in [1.54, 1.807) is 42.7 Å². The maximum atomic E-state index is 12.8. The Balaban J connectivity index is 1.62. The molecule has 0 aliphatic rings. The van der Waals surface area contributed by atoms with Crippen molar-refractivity contribution >= 4 is 22.7 Å². The third-order valence-corrected chi connectivity index (χ3v) is 4.50. The molecular weight excluding hydrogens is 386 g/mol. The highest BCUT2D eigenvalue weighted by molar-refractivity contribution is 6.05. The minimum Gasteiger partial charge on any atom is -0.493 e. The van der Waals surface area contributed by atoms with Gasteiger partial charge in [0.1, 0.15) is 5.52 Å². The number of oxazole rings is 1. The van der Waals surface area contributed by atoms with Crippen molar-refractivity contribution in [1.82, 2.24) is 9.97 Å². The van der Waals surface area contributed by atoms with Gasteiger partial charge in [-0.1, -0.05) is 0 Å². The van der Waals surface area contributed by atoms with Gasteiger partial charge >= 0.3 is 0 Å². The highest BCUT2D eigenvalue weighted by atomic mass is 16.5. The molecule has 0 atom stereocenters. The Bertz CT molecular complexity index is 1180. The van der Waals surface area contributed by atoms with Gasteiger partial charge in [0, 0.05) is 35.3 Å². The number of hydrogen-bond donors (Lipinski definition) is 1. The second-order valence-electron chi connectivity index (χ2n) is 6.31. The minimum atomic E-state index is -0.331. The molecule has 0 aliphatic carbocycles. The number of benzene rings is 2. The van der Waals surface area contributed by atoms with E-state index < -0.39 is 0 Å². The second kappa shape index (κ2) is 8.12. The summed E-state index contributed by atoms with van der Waals surface area (Å²) in [4.78, 5) is 21.3. The number of amides is 1. The van der Waals surface area contributed by atoms with Crippen LogP contribution in [0.2, 0.25) is 0 Å². The molecule has 2 aromatic heterocycles. The highest BCUT2D eigenvalue weighted by Gasteiger charge is 2.17. The Morgan fingerprint density at radius 2 is 1.63 bits per heavy atom. The van der Waals surface area contributed by atoms with E-state index in [4.69, 9.17) is 18.6 Å². The average molecular weight is 405 g/mol. The van der Waals surface area contributed by atoms with Crippen LogP contribution in [0.5, 0.6) is 17.2 Å². The van der Waals surface area contributed by atoms with Crippen molar-refractivity contribution in [3.63, 3.8) is 0 Å². The van der Waals surface area contributed by atoms with Crippen LogP contribution in [0.25, 0.3) is 22.6 Å². The number of hydrogen-bond acceptors (Lipinski definition) is 7. The van der Waals surface area contributed by atoms with Gasteiger partial charge in [-0.2, -0.15) is 0 Å². The Morgan fingerprint density at radius 3 is 2.27 bits per heavy atom. The quantitative estimate of drug-likeness (QED) is 0.514. The highest BCUT2D eigenvalue weighted by Crippen LogP contribution is 2.38. The van der Waals surface area contributed by atoms with Crippen molar-refractivity contribution in [3.05, 3.63) is 60.4 Å². The van der Waals surface area contributed by atoms with Gasteiger partial charge in [0.15, 0.2) is 17.1 Å². The van der Waals surface area contributed by atoms with E-state index in [2.05, 4.69) is 15.3 Å². The van der Waals surface area contributed by atoms with Crippen LogP contribution in [0.3, 0.4) is 0 Å². The van der Waals surface area contributed by atoms with Gasteiger partial charge in [-0.05, 0) is 36.4 Å². The Morgan fingerprint density at radius 1 is 0.933 bits per heavy atom. The van der Waals surface area contributed by atoms with Gasteiger partial charge < -0.3 is 23.9 Å². The van der Waals surface area contributed by atoms with E-state index in [-0.39, 0.29) is 5.91 Å². The molecule has 152 valence electrons. The van der Waals surface area contributed by atoms with Crippen molar-refractivity contribution in [1.29, 1.82) is 0 Å². The number of methoxy groups -OCH3 is 3. The van der Waals surface area contributed by atoms with Crippen LogP contribution < -0.4 is 19.5 Å². The summed E-state index contributed by atoms with van der Waals surface area (Å²) < 4.78 is 21.8. The first-order valence-electron chi connectivity index (χ1n) is 9.05. The van der Waals surface area contributed by atoms with Crippen LogP contribution in [0, 0.1) is 0 Å². The summed E-state index contributed by atoms with van der Waals surface area (Å²) in [5.41, 5.74) is 3.00. The fraction of sp³-hybridized carbons (Fsp3) is 0.136. The molecule has 0 bridgehead atoms. The molecule has 0 radical (unpaired) electrons. The first-order chi connectivity index (χ1) is 14.6. The summed E-state index contributed by atoms with van der Waals surface area (Å²) in [5, 5.41) is 2.85. The Labute approximate surface area is 172 Å². The maximum Gasteiger partial charge on any atom is 0.255 e. The van der Waals surface area contributed by atoms with Crippen molar-refractivity contribution < 1.29 is 23.4 Å². The molecule has 0 unspecified atom stereocenters. The Hall–Kier alpha value is -4.07. The van der Waals surface area contributed by atoms with Crippen molar-refractivity contribution in [2.24, 2.45) is 0 Å². The molecule has 0 aliphatic heterocycles. The summed E-state index contributed by atoms with van der Waals surface area (Å²) in [6, 6.07) is 12.1.